The van der Waals surface area contributed by atoms with E-state index in [-0.39, 0.29) is 11.4 Å². The van der Waals surface area contributed by atoms with Crippen molar-refractivity contribution in [2.45, 2.75) is 32.5 Å². The van der Waals surface area contributed by atoms with Crippen LogP contribution in [0.25, 0.3) is 22.0 Å². The van der Waals surface area contributed by atoms with E-state index in [2.05, 4.69) is 19.6 Å². The molecule has 0 aliphatic heterocycles. The van der Waals surface area contributed by atoms with Gasteiger partial charge < -0.3 is 4.74 Å². The molecule has 2 aromatic heterocycles. The lowest BCUT2D eigenvalue weighted by atomic mass is 10.0. The van der Waals surface area contributed by atoms with Crippen LogP contribution in [-0.4, -0.2) is 21.7 Å². The van der Waals surface area contributed by atoms with E-state index in [1.165, 1.54) is 35.6 Å². The summed E-state index contributed by atoms with van der Waals surface area (Å²) in [5.41, 5.74) is 1.02. The Kier molecular flexibility index (Phi) is 6.67. The first-order chi connectivity index (χ1) is 16.2. The highest BCUT2D eigenvalue weighted by Crippen LogP contribution is 2.38. The molecule has 2 aromatic carbocycles. The average Bonchev–Trinajstić information content (AvgIpc) is 3.39. The highest BCUT2D eigenvalue weighted by atomic mass is 32.1. The Labute approximate surface area is 195 Å². The second-order valence-corrected chi connectivity index (χ2v) is 8.51. The molecule has 178 valence electrons. The van der Waals surface area contributed by atoms with Gasteiger partial charge in [-0.2, -0.15) is 13.2 Å². The van der Waals surface area contributed by atoms with Gasteiger partial charge in [0.1, 0.15) is 16.9 Å². The lowest BCUT2D eigenvalue weighted by Gasteiger charge is -2.18. The molecule has 4 rings (SSSR count). The number of hydrogen-bond donors (Lipinski definition) is 1. The molecule has 1 N–H and O–H groups in total. The molecular formula is C23H19F4N3O3S. The molecule has 0 bridgehead atoms. The van der Waals surface area contributed by atoms with Gasteiger partial charge in [-0.3, -0.25) is 9.51 Å². The Morgan fingerprint density at radius 1 is 1.18 bits per heavy atom. The van der Waals surface area contributed by atoms with Crippen molar-refractivity contribution >= 4 is 11.3 Å². The summed E-state index contributed by atoms with van der Waals surface area (Å²) < 4.78 is 64.0. The number of halogens is 4. The van der Waals surface area contributed by atoms with E-state index in [1.807, 2.05) is 6.92 Å². The Bertz CT molecular complexity index is 1340. The smallest absolute Gasteiger partial charge is 0.368 e. The number of aromatic amines is 1. The molecular weight excluding hydrogens is 474 g/mol. The van der Waals surface area contributed by atoms with Crippen molar-refractivity contribution in [3.8, 4) is 22.0 Å². The van der Waals surface area contributed by atoms with Gasteiger partial charge in [0.15, 0.2) is 5.82 Å². The number of alkyl halides is 3. The van der Waals surface area contributed by atoms with Crippen LogP contribution in [0.15, 0.2) is 51.8 Å². The maximum Gasteiger partial charge on any atom is 0.439 e. The predicted octanol–water partition coefficient (Wildman–Crippen LogP) is 6.14. The van der Waals surface area contributed by atoms with Crippen LogP contribution in [0.5, 0.6) is 0 Å². The van der Waals surface area contributed by atoms with Crippen LogP contribution in [0.1, 0.15) is 41.1 Å². The molecule has 2 heterocycles. The topological polar surface area (TPSA) is 81.0 Å². The average molecular weight is 493 g/mol. The number of thiazole rings is 1. The first kappa shape index (κ1) is 23.8. The molecule has 0 aliphatic carbocycles. The number of ether oxygens (including phenoxy) is 1. The van der Waals surface area contributed by atoms with E-state index in [1.54, 1.807) is 13.0 Å². The molecule has 0 spiro atoms. The van der Waals surface area contributed by atoms with Gasteiger partial charge in [0, 0.05) is 12.2 Å². The first-order valence-electron chi connectivity index (χ1n) is 10.3. The minimum atomic E-state index is -4.42. The third-order valence-corrected chi connectivity index (χ3v) is 6.26. The summed E-state index contributed by atoms with van der Waals surface area (Å²) in [5, 5.41) is 4.04. The van der Waals surface area contributed by atoms with Crippen LogP contribution >= 0.6 is 11.3 Å². The number of benzene rings is 2. The molecule has 6 nitrogen and oxygen atoms in total. The van der Waals surface area contributed by atoms with Crippen LogP contribution in [0.4, 0.5) is 17.6 Å². The quantitative estimate of drug-likeness (QED) is 0.313. The second kappa shape index (κ2) is 9.51. The van der Waals surface area contributed by atoms with Crippen molar-refractivity contribution in [1.29, 1.82) is 0 Å². The Balaban J connectivity index is 1.69. The number of hydrogen-bond acceptors (Lipinski definition) is 6. The zero-order chi connectivity index (χ0) is 24.5. The van der Waals surface area contributed by atoms with Crippen LogP contribution in [-0.2, 0) is 10.9 Å². The summed E-state index contributed by atoms with van der Waals surface area (Å²) in [6.07, 6.45) is -4.34. The molecule has 0 fully saturated rings. The lowest BCUT2D eigenvalue weighted by Crippen LogP contribution is -2.08. The Hall–Kier alpha value is -3.31. The van der Waals surface area contributed by atoms with Crippen molar-refractivity contribution in [3.63, 3.8) is 0 Å². The minimum Gasteiger partial charge on any atom is -0.368 e. The van der Waals surface area contributed by atoms with Crippen molar-refractivity contribution < 1.29 is 26.8 Å². The predicted molar refractivity (Wildman–Crippen MR) is 118 cm³/mol. The first-order valence-corrected chi connectivity index (χ1v) is 11.1. The molecule has 34 heavy (non-hydrogen) atoms. The fourth-order valence-corrected chi connectivity index (χ4v) is 4.52. The standard InChI is InChI=1S/C23H19F4N3O3S/c1-3-10-32-18(14-6-9-16(17(24)11-14)20-29-22(31)33-30-20)19-12(2)28-21(34-19)13-4-7-15(8-5-13)23(25,26)27/h4-9,11,18H,3,10H2,1-2H3,(H,29,30,31). The molecule has 1 unspecified atom stereocenters. The van der Waals surface area contributed by atoms with Crippen LogP contribution in [0, 0.1) is 12.7 Å². The molecule has 11 heteroatoms. The summed E-state index contributed by atoms with van der Waals surface area (Å²) in [5.74, 6) is -1.45. The molecule has 0 radical (unpaired) electrons. The summed E-state index contributed by atoms with van der Waals surface area (Å²) in [6, 6.07) is 9.19. The number of H-pyrrole nitrogens is 1. The van der Waals surface area contributed by atoms with E-state index >= 15 is 0 Å². The summed E-state index contributed by atoms with van der Waals surface area (Å²) in [7, 11) is 0. The summed E-state index contributed by atoms with van der Waals surface area (Å²) in [6.45, 7) is 4.11. The normalized spacial score (nSPS) is 12.8. The van der Waals surface area contributed by atoms with Crippen LogP contribution in [0.2, 0.25) is 0 Å². The summed E-state index contributed by atoms with van der Waals surface area (Å²) >= 11 is 1.27. The number of nitrogens with one attached hydrogen (secondary N) is 1. The SMILES string of the molecule is CCCOC(c1ccc(-c2noc(=O)[nH]2)c(F)c1)c1sc(-c2ccc(C(F)(F)F)cc2)nc1C. The van der Waals surface area contributed by atoms with E-state index in [0.717, 1.165) is 18.6 Å². The van der Waals surface area contributed by atoms with Gasteiger partial charge >= 0.3 is 11.9 Å². The molecule has 4 aromatic rings. The van der Waals surface area contributed by atoms with Crippen molar-refractivity contribution in [2.24, 2.45) is 0 Å². The van der Waals surface area contributed by atoms with Gasteiger partial charge in [0.05, 0.1) is 21.7 Å². The van der Waals surface area contributed by atoms with Gasteiger partial charge in [-0.1, -0.05) is 30.3 Å². The van der Waals surface area contributed by atoms with E-state index in [0.29, 0.717) is 33.3 Å². The highest BCUT2D eigenvalue weighted by Gasteiger charge is 2.30. The number of rotatable bonds is 7. The van der Waals surface area contributed by atoms with Crippen molar-refractivity contribution in [1.82, 2.24) is 15.1 Å². The van der Waals surface area contributed by atoms with Crippen LogP contribution in [0.3, 0.4) is 0 Å². The molecule has 0 saturated heterocycles. The number of nitrogens with zero attached hydrogens (tertiary/aromatic N) is 2. The minimum absolute atomic E-state index is 0.0290. The Morgan fingerprint density at radius 3 is 2.50 bits per heavy atom. The van der Waals surface area contributed by atoms with Gasteiger partial charge in [-0.15, -0.1) is 11.3 Å². The van der Waals surface area contributed by atoms with E-state index < -0.39 is 29.4 Å². The van der Waals surface area contributed by atoms with E-state index in [4.69, 9.17) is 4.74 Å². The van der Waals surface area contributed by atoms with E-state index in [9.17, 15) is 22.4 Å². The van der Waals surface area contributed by atoms with Gasteiger partial charge in [0.25, 0.3) is 0 Å². The van der Waals surface area contributed by atoms with Crippen molar-refractivity contribution in [3.05, 3.63) is 80.5 Å². The lowest BCUT2D eigenvalue weighted by molar-refractivity contribution is -0.137. The molecule has 0 aliphatic rings. The monoisotopic (exact) mass is 493 g/mol. The highest BCUT2D eigenvalue weighted by molar-refractivity contribution is 7.15. The van der Waals surface area contributed by atoms with Crippen LogP contribution < -0.4 is 5.76 Å². The summed E-state index contributed by atoms with van der Waals surface area (Å²) in [4.78, 5) is 18.7. The second-order valence-electron chi connectivity index (χ2n) is 7.48. The molecule has 0 amide bonds. The zero-order valence-electron chi connectivity index (χ0n) is 18.1. The third-order valence-electron chi connectivity index (χ3n) is 5.01. The maximum atomic E-state index is 14.9. The van der Waals surface area contributed by atoms with Gasteiger partial charge in [0.2, 0.25) is 0 Å². The molecule has 0 saturated carbocycles. The maximum absolute atomic E-state index is 14.9. The zero-order valence-corrected chi connectivity index (χ0v) is 18.9. The fourth-order valence-electron chi connectivity index (χ4n) is 3.37. The molecule has 1 atom stereocenters. The largest absolute Gasteiger partial charge is 0.439 e. The van der Waals surface area contributed by atoms with Gasteiger partial charge in [-0.05, 0) is 43.2 Å². The van der Waals surface area contributed by atoms with Gasteiger partial charge in [-0.25, -0.2) is 14.2 Å². The third kappa shape index (κ3) is 4.95. The van der Waals surface area contributed by atoms with Crippen molar-refractivity contribution in [2.75, 3.05) is 6.61 Å². The fraction of sp³-hybridized carbons (Fsp3) is 0.261. The number of aryl methyl sites for hydroxylation is 1. The Morgan fingerprint density at radius 2 is 1.91 bits per heavy atom. The number of aromatic nitrogens is 3.